The lowest BCUT2D eigenvalue weighted by Crippen LogP contribution is -2.41. The van der Waals surface area contributed by atoms with Crippen LogP contribution in [0.2, 0.25) is 0 Å². The molecule has 7 heteroatoms. The minimum Gasteiger partial charge on any atom is -0.342 e. The second kappa shape index (κ2) is 8.20. The van der Waals surface area contributed by atoms with Gasteiger partial charge in [0, 0.05) is 30.9 Å². The minimum absolute atomic E-state index is 0.0528. The van der Waals surface area contributed by atoms with Crippen LogP contribution in [0.25, 0.3) is 21.9 Å². The number of amidine groups is 1. The molecule has 188 valence electrons. The van der Waals surface area contributed by atoms with Gasteiger partial charge in [-0.15, -0.1) is 0 Å². The fraction of sp³-hybridized carbons (Fsp3) is 0.367. The summed E-state index contributed by atoms with van der Waals surface area (Å²) in [4.78, 5) is 34.1. The molecule has 2 heterocycles. The molecule has 2 aliphatic heterocycles. The molecule has 1 spiro atoms. The maximum absolute atomic E-state index is 15.6. The lowest BCUT2D eigenvalue weighted by molar-refractivity contribution is -0.131. The smallest absolute Gasteiger partial charge is 0.256 e. The SMILES string of the molecule is O=C(C1CC1)N1CC[C@@H](CN2C(=O)C3(CC3)N=C2c2ccc(-c3ccc4cccc(F)c4c3)cc2F)C1. The summed E-state index contributed by atoms with van der Waals surface area (Å²) in [6.07, 6.45) is 4.17. The third kappa shape index (κ3) is 3.83. The molecule has 0 unspecified atom stereocenters. The summed E-state index contributed by atoms with van der Waals surface area (Å²) in [5.41, 5.74) is 0.915. The van der Waals surface area contributed by atoms with E-state index in [1.165, 1.54) is 12.1 Å². The van der Waals surface area contributed by atoms with Gasteiger partial charge >= 0.3 is 0 Å². The summed E-state index contributed by atoms with van der Waals surface area (Å²) in [7, 11) is 0. The molecular formula is C30H27F2N3O2. The van der Waals surface area contributed by atoms with Gasteiger partial charge in [0.05, 0.1) is 5.56 Å². The molecule has 7 rings (SSSR count). The van der Waals surface area contributed by atoms with E-state index in [-0.39, 0.29) is 29.5 Å². The van der Waals surface area contributed by atoms with Crippen LogP contribution in [0.1, 0.15) is 37.7 Å². The Labute approximate surface area is 213 Å². The van der Waals surface area contributed by atoms with Crippen LogP contribution in [0, 0.1) is 23.5 Å². The Morgan fingerprint density at radius 2 is 1.76 bits per heavy atom. The zero-order valence-corrected chi connectivity index (χ0v) is 20.4. The highest BCUT2D eigenvalue weighted by Crippen LogP contribution is 2.46. The van der Waals surface area contributed by atoms with Crippen molar-refractivity contribution >= 4 is 28.4 Å². The van der Waals surface area contributed by atoms with E-state index < -0.39 is 11.4 Å². The Morgan fingerprint density at radius 1 is 0.973 bits per heavy atom. The third-order valence-corrected chi connectivity index (χ3v) is 8.28. The molecule has 0 aromatic heterocycles. The Bertz CT molecular complexity index is 1490. The van der Waals surface area contributed by atoms with Gasteiger partial charge in [0.25, 0.3) is 5.91 Å². The standard InChI is InChI=1S/C30H27F2N3O2/c31-25-3-1-2-19-4-7-21(14-24(19)25)22-8-9-23(26(32)15-22)27-33-30(11-12-30)29(37)35(27)17-18-10-13-34(16-18)28(36)20-5-6-20/h1-4,7-9,14-15,18,20H,5-6,10-13,16-17H2/t18-/m1/s1. The van der Waals surface area contributed by atoms with E-state index in [2.05, 4.69) is 0 Å². The maximum Gasteiger partial charge on any atom is 0.256 e. The minimum atomic E-state index is -0.738. The molecule has 3 fully saturated rings. The molecule has 5 nitrogen and oxygen atoms in total. The predicted octanol–water partition coefficient (Wildman–Crippen LogP) is 5.16. The number of carbonyl (C=O) groups is 2. The summed E-state index contributed by atoms with van der Waals surface area (Å²) in [6, 6.07) is 15.3. The van der Waals surface area contributed by atoms with Crippen molar-refractivity contribution in [2.45, 2.75) is 37.6 Å². The molecule has 2 saturated carbocycles. The quantitative estimate of drug-likeness (QED) is 0.487. The van der Waals surface area contributed by atoms with E-state index in [1.54, 1.807) is 29.2 Å². The summed E-state index contributed by atoms with van der Waals surface area (Å²) >= 11 is 0. The normalized spacial score (nSPS) is 22.3. The van der Waals surface area contributed by atoms with Crippen LogP contribution in [0.15, 0.2) is 59.6 Å². The van der Waals surface area contributed by atoms with E-state index >= 15 is 4.39 Å². The first-order valence-electron chi connectivity index (χ1n) is 13.1. The molecule has 3 aromatic carbocycles. The number of amides is 2. The number of aliphatic imine (C=N–C) groups is 1. The number of hydrogen-bond donors (Lipinski definition) is 0. The number of nitrogens with zero attached hydrogens (tertiary/aromatic N) is 3. The number of hydrogen-bond acceptors (Lipinski definition) is 3. The van der Waals surface area contributed by atoms with Gasteiger partial charge in [-0.05, 0) is 78.8 Å². The highest BCUT2D eigenvalue weighted by Gasteiger charge is 2.58. The number of halogens is 2. The Balaban J connectivity index is 1.16. The average Bonchev–Trinajstić information content (AvgIpc) is 3.82. The topological polar surface area (TPSA) is 53.0 Å². The zero-order chi connectivity index (χ0) is 25.3. The van der Waals surface area contributed by atoms with Crippen LogP contribution in [0.5, 0.6) is 0 Å². The first-order valence-corrected chi connectivity index (χ1v) is 13.1. The molecule has 2 aliphatic carbocycles. The van der Waals surface area contributed by atoms with Crippen LogP contribution in [-0.4, -0.2) is 52.6 Å². The second-order valence-corrected chi connectivity index (χ2v) is 11.0. The molecule has 2 amide bonds. The van der Waals surface area contributed by atoms with Crippen molar-refractivity contribution in [3.63, 3.8) is 0 Å². The highest BCUT2D eigenvalue weighted by molar-refractivity contribution is 6.16. The largest absolute Gasteiger partial charge is 0.342 e. The van der Waals surface area contributed by atoms with E-state index in [0.717, 1.165) is 36.8 Å². The monoisotopic (exact) mass is 499 g/mol. The number of rotatable bonds is 5. The number of fused-ring (bicyclic) bond motifs is 1. The third-order valence-electron chi connectivity index (χ3n) is 8.28. The summed E-state index contributed by atoms with van der Waals surface area (Å²) in [5.74, 6) is 0.137. The highest BCUT2D eigenvalue weighted by atomic mass is 19.1. The summed E-state index contributed by atoms with van der Waals surface area (Å²) < 4.78 is 29.9. The van der Waals surface area contributed by atoms with Crippen LogP contribution >= 0.6 is 0 Å². The first kappa shape index (κ1) is 22.6. The Hall–Kier alpha value is -3.61. The Kier molecular flexibility index (Phi) is 5.00. The van der Waals surface area contributed by atoms with Gasteiger partial charge < -0.3 is 4.90 Å². The average molecular weight is 500 g/mol. The van der Waals surface area contributed by atoms with Gasteiger partial charge in [-0.2, -0.15) is 0 Å². The fourth-order valence-electron chi connectivity index (χ4n) is 5.80. The van der Waals surface area contributed by atoms with Gasteiger partial charge in [-0.25, -0.2) is 8.78 Å². The second-order valence-electron chi connectivity index (χ2n) is 11.0. The fourth-order valence-corrected chi connectivity index (χ4v) is 5.80. The zero-order valence-electron chi connectivity index (χ0n) is 20.4. The molecule has 0 radical (unpaired) electrons. The molecule has 37 heavy (non-hydrogen) atoms. The first-order chi connectivity index (χ1) is 17.9. The van der Waals surface area contributed by atoms with E-state index in [1.807, 2.05) is 23.1 Å². The lowest BCUT2D eigenvalue weighted by Gasteiger charge is -2.24. The van der Waals surface area contributed by atoms with Crippen molar-refractivity contribution in [1.82, 2.24) is 9.80 Å². The molecule has 1 saturated heterocycles. The lowest BCUT2D eigenvalue weighted by atomic mass is 9.99. The van der Waals surface area contributed by atoms with Crippen molar-refractivity contribution in [3.05, 3.63) is 71.8 Å². The maximum atomic E-state index is 15.6. The van der Waals surface area contributed by atoms with Gasteiger partial charge in [-0.1, -0.05) is 30.3 Å². The number of benzene rings is 3. The molecule has 4 aliphatic rings. The number of carbonyl (C=O) groups excluding carboxylic acids is 2. The van der Waals surface area contributed by atoms with E-state index in [4.69, 9.17) is 4.99 Å². The van der Waals surface area contributed by atoms with Crippen LogP contribution in [0.4, 0.5) is 8.78 Å². The molecule has 3 aromatic rings. The van der Waals surface area contributed by atoms with Crippen LogP contribution in [0.3, 0.4) is 0 Å². The van der Waals surface area contributed by atoms with Crippen molar-refractivity contribution < 1.29 is 18.4 Å². The van der Waals surface area contributed by atoms with Gasteiger partial charge in [0.2, 0.25) is 5.91 Å². The van der Waals surface area contributed by atoms with Gasteiger partial charge in [0.15, 0.2) is 0 Å². The van der Waals surface area contributed by atoms with Crippen LogP contribution in [-0.2, 0) is 9.59 Å². The summed E-state index contributed by atoms with van der Waals surface area (Å²) in [5, 5.41) is 1.28. The molecular weight excluding hydrogens is 472 g/mol. The molecule has 0 bridgehead atoms. The van der Waals surface area contributed by atoms with Crippen molar-refractivity contribution in [2.75, 3.05) is 19.6 Å². The molecule has 1 atom stereocenters. The summed E-state index contributed by atoms with van der Waals surface area (Å²) in [6.45, 7) is 1.80. The van der Waals surface area contributed by atoms with Crippen LogP contribution < -0.4 is 0 Å². The van der Waals surface area contributed by atoms with Crippen molar-refractivity contribution in [2.24, 2.45) is 16.8 Å². The van der Waals surface area contributed by atoms with Gasteiger partial charge in [-0.3, -0.25) is 19.5 Å². The molecule has 0 N–H and O–H groups in total. The predicted molar refractivity (Wildman–Crippen MR) is 137 cm³/mol. The van der Waals surface area contributed by atoms with Crippen molar-refractivity contribution in [3.8, 4) is 11.1 Å². The Morgan fingerprint density at radius 3 is 2.51 bits per heavy atom. The van der Waals surface area contributed by atoms with Crippen molar-refractivity contribution in [1.29, 1.82) is 0 Å². The number of likely N-dealkylation sites (tertiary alicyclic amines) is 1. The van der Waals surface area contributed by atoms with E-state index in [0.29, 0.717) is 48.3 Å². The van der Waals surface area contributed by atoms with E-state index in [9.17, 15) is 14.0 Å². The van der Waals surface area contributed by atoms with Gasteiger partial charge in [0.1, 0.15) is 23.0 Å².